The second-order valence-corrected chi connectivity index (χ2v) is 6.82. The van der Waals surface area contributed by atoms with Crippen LogP contribution in [0.25, 0.3) is 0 Å². The maximum absolute atomic E-state index is 6.65. The molecule has 1 fully saturated rings. The lowest BCUT2D eigenvalue weighted by atomic mass is 9.99. The van der Waals surface area contributed by atoms with Gasteiger partial charge in [-0.1, -0.05) is 72.8 Å². The van der Waals surface area contributed by atoms with Crippen LogP contribution in [0.1, 0.15) is 55.4 Å². The van der Waals surface area contributed by atoms with Gasteiger partial charge in [0.15, 0.2) is 5.79 Å². The molecule has 0 unspecified atom stereocenters. The van der Waals surface area contributed by atoms with Crippen LogP contribution in [0.4, 0.5) is 0 Å². The van der Waals surface area contributed by atoms with Crippen molar-refractivity contribution in [1.82, 2.24) is 0 Å². The maximum atomic E-state index is 6.65. The van der Waals surface area contributed by atoms with Crippen molar-refractivity contribution in [2.75, 3.05) is 0 Å². The fourth-order valence-electron chi connectivity index (χ4n) is 3.58. The fraction of sp³-hybridized carbons (Fsp3) is 0.333. The highest BCUT2D eigenvalue weighted by Gasteiger charge is 2.47. The van der Waals surface area contributed by atoms with E-state index in [0.717, 1.165) is 43.2 Å². The van der Waals surface area contributed by atoms with Crippen LogP contribution in [0.3, 0.4) is 0 Å². The van der Waals surface area contributed by atoms with E-state index in [9.17, 15) is 0 Å². The summed E-state index contributed by atoms with van der Waals surface area (Å²) in [5.41, 5.74) is 2.32. The van der Waals surface area contributed by atoms with Crippen molar-refractivity contribution in [1.29, 1.82) is 0 Å². The molecular weight excluding hydrogens is 320 g/mol. The van der Waals surface area contributed by atoms with Crippen molar-refractivity contribution in [3.05, 3.63) is 97.1 Å². The molecule has 0 aliphatic carbocycles. The van der Waals surface area contributed by atoms with Crippen molar-refractivity contribution in [2.45, 2.75) is 50.1 Å². The molecule has 2 nitrogen and oxygen atoms in total. The molecule has 1 aliphatic rings. The maximum Gasteiger partial charge on any atom is 0.170 e. The van der Waals surface area contributed by atoms with E-state index in [1.54, 1.807) is 0 Å². The van der Waals surface area contributed by atoms with Gasteiger partial charge in [-0.3, -0.25) is 0 Å². The number of hydrogen-bond acceptors (Lipinski definition) is 2. The van der Waals surface area contributed by atoms with Gasteiger partial charge in [-0.15, -0.1) is 13.2 Å². The Morgan fingerprint density at radius 3 is 1.69 bits per heavy atom. The lowest BCUT2D eigenvalue weighted by molar-refractivity contribution is -0.186. The Morgan fingerprint density at radius 1 is 0.731 bits per heavy atom. The SMILES string of the molecule is C=CCCCC1(CCC=C)O[C@H](c2ccccc2)[C@@H](c2ccccc2)O1. The summed E-state index contributed by atoms with van der Waals surface area (Å²) in [6.07, 6.45) is 8.21. The first-order chi connectivity index (χ1) is 12.8. The molecule has 2 aromatic rings. The molecule has 26 heavy (non-hydrogen) atoms. The highest BCUT2D eigenvalue weighted by atomic mass is 16.8. The lowest BCUT2D eigenvalue weighted by Crippen LogP contribution is -2.30. The van der Waals surface area contributed by atoms with E-state index >= 15 is 0 Å². The quantitative estimate of drug-likeness (QED) is 0.378. The summed E-state index contributed by atoms with van der Waals surface area (Å²) in [4.78, 5) is 0. The van der Waals surface area contributed by atoms with Crippen molar-refractivity contribution in [2.24, 2.45) is 0 Å². The fourth-order valence-corrected chi connectivity index (χ4v) is 3.58. The zero-order valence-corrected chi connectivity index (χ0v) is 15.3. The van der Waals surface area contributed by atoms with Gasteiger partial charge in [0, 0.05) is 12.8 Å². The van der Waals surface area contributed by atoms with Crippen molar-refractivity contribution in [3.63, 3.8) is 0 Å². The minimum Gasteiger partial charge on any atom is -0.339 e. The Hall–Kier alpha value is -2.16. The molecule has 0 bridgehead atoms. The lowest BCUT2D eigenvalue weighted by Gasteiger charge is -2.28. The predicted octanol–water partition coefficient (Wildman–Crippen LogP) is 6.53. The summed E-state index contributed by atoms with van der Waals surface area (Å²) in [7, 11) is 0. The Morgan fingerprint density at radius 2 is 1.23 bits per heavy atom. The van der Waals surface area contributed by atoms with Gasteiger partial charge in [0.25, 0.3) is 0 Å². The molecule has 2 heteroatoms. The highest BCUT2D eigenvalue weighted by Crippen LogP contribution is 2.50. The van der Waals surface area contributed by atoms with Gasteiger partial charge in [0.05, 0.1) is 0 Å². The molecule has 0 aromatic heterocycles. The Kier molecular flexibility index (Phi) is 6.43. The molecule has 0 saturated carbocycles. The van der Waals surface area contributed by atoms with E-state index in [2.05, 4.69) is 61.7 Å². The van der Waals surface area contributed by atoms with E-state index in [1.165, 1.54) is 0 Å². The summed E-state index contributed by atoms with van der Waals surface area (Å²) < 4.78 is 13.3. The molecule has 2 atom stereocenters. The van der Waals surface area contributed by atoms with Gasteiger partial charge < -0.3 is 9.47 Å². The molecule has 0 N–H and O–H groups in total. The predicted molar refractivity (Wildman–Crippen MR) is 107 cm³/mol. The molecule has 2 aromatic carbocycles. The minimum atomic E-state index is -0.571. The van der Waals surface area contributed by atoms with Crippen LogP contribution in [-0.4, -0.2) is 5.79 Å². The van der Waals surface area contributed by atoms with Gasteiger partial charge in [0.1, 0.15) is 12.2 Å². The average molecular weight is 348 g/mol. The van der Waals surface area contributed by atoms with Crippen molar-refractivity contribution in [3.8, 4) is 0 Å². The van der Waals surface area contributed by atoms with Crippen molar-refractivity contribution < 1.29 is 9.47 Å². The zero-order valence-electron chi connectivity index (χ0n) is 15.3. The van der Waals surface area contributed by atoms with Crippen LogP contribution in [0, 0.1) is 0 Å². The van der Waals surface area contributed by atoms with E-state index in [0.29, 0.717) is 0 Å². The number of allylic oxidation sites excluding steroid dienone is 2. The highest BCUT2D eigenvalue weighted by molar-refractivity contribution is 5.26. The van der Waals surface area contributed by atoms with E-state index in [4.69, 9.17) is 9.47 Å². The average Bonchev–Trinajstić information content (AvgIpc) is 3.08. The smallest absolute Gasteiger partial charge is 0.170 e. The first-order valence-electron chi connectivity index (χ1n) is 9.45. The normalized spacial score (nSPS) is 21.4. The Balaban J connectivity index is 1.92. The van der Waals surface area contributed by atoms with Crippen LogP contribution in [0.2, 0.25) is 0 Å². The summed E-state index contributed by atoms with van der Waals surface area (Å²) in [6, 6.07) is 20.8. The molecule has 3 rings (SSSR count). The van der Waals surface area contributed by atoms with Gasteiger partial charge in [0.2, 0.25) is 0 Å². The summed E-state index contributed by atoms with van der Waals surface area (Å²) >= 11 is 0. The first-order valence-corrected chi connectivity index (χ1v) is 9.45. The van der Waals surface area contributed by atoms with E-state index in [-0.39, 0.29) is 12.2 Å². The summed E-state index contributed by atoms with van der Waals surface area (Å²) in [5.74, 6) is -0.571. The number of rotatable bonds is 9. The molecule has 0 spiro atoms. The van der Waals surface area contributed by atoms with E-state index < -0.39 is 5.79 Å². The van der Waals surface area contributed by atoms with Gasteiger partial charge in [-0.05, 0) is 30.4 Å². The van der Waals surface area contributed by atoms with Crippen molar-refractivity contribution >= 4 is 0 Å². The number of unbranched alkanes of at least 4 members (excludes halogenated alkanes) is 1. The third-order valence-corrected chi connectivity index (χ3v) is 4.91. The van der Waals surface area contributed by atoms with Crippen LogP contribution in [0.5, 0.6) is 0 Å². The molecule has 1 saturated heterocycles. The Labute approximate surface area is 157 Å². The molecule has 136 valence electrons. The summed E-state index contributed by atoms with van der Waals surface area (Å²) in [6.45, 7) is 7.71. The minimum absolute atomic E-state index is 0.104. The standard InChI is InChI=1S/C24H28O2/c1-3-5-13-19-24(18-6-4-2)25-22(20-14-9-7-10-15-20)23(26-24)21-16-11-8-12-17-21/h3-4,7-12,14-17,22-23H,1-2,5-6,13,18-19H2/t22-,23-/m1/s1. The van der Waals surface area contributed by atoms with Gasteiger partial charge in [-0.2, -0.15) is 0 Å². The van der Waals surface area contributed by atoms with E-state index in [1.807, 2.05) is 24.3 Å². The second-order valence-electron chi connectivity index (χ2n) is 6.82. The third-order valence-electron chi connectivity index (χ3n) is 4.91. The molecular formula is C24H28O2. The number of ether oxygens (including phenoxy) is 2. The molecule has 0 radical (unpaired) electrons. The second kappa shape index (κ2) is 8.98. The number of hydrogen-bond donors (Lipinski definition) is 0. The Bertz CT molecular complexity index is 645. The largest absolute Gasteiger partial charge is 0.339 e. The third kappa shape index (κ3) is 4.32. The summed E-state index contributed by atoms with van der Waals surface area (Å²) in [5, 5.41) is 0. The number of benzene rings is 2. The zero-order chi connectivity index (χ0) is 18.2. The molecule has 0 amide bonds. The van der Waals surface area contributed by atoms with Gasteiger partial charge in [-0.25, -0.2) is 0 Å². The van der Waals surface area contributed by atoms with Crippen LogP contribution in [-0.2, 0) is 9.47 Å². The topological polar surface area (TPSA) is 18.5 Å². The van der Waals surface area contributed by atoms with Crippen LogP contribution in [0.15, 0.2) is 86.0 Å². The van der Waals surface area contributed by atoms with Gasteiger partial charge >= 0.3 is 0 Å². The monoisotopic (exact) mass is 348 g/mol. The molecule has 1 aliphatic heterocycles. The van der Waals surface area contributed by atoms with Crippen LogP contribution < -0.4 is 0 Å². The molecule has 1 heterocycles. The van der Waals surface area contributed by atoms with Crippen LogP contribution >= 0.6 is 0 Å². The first kappa shape index (κ1) is 18.6.